The predicted molar refractivity (Wildman–Crippen MR) is 59.5 cm³/mol. The van der Waals surface area contributed by atoms with Crippen molar-refractivity contribution in [2.24, 2.45) is 0 Å². The molecule has 1 atom stereocenters. The first-order chi connectivity index (χ1) is 6.66. The van der Waals surface area contributed by atoms with Gasteiger partial charge in [-0.1, -0.05) is 0 Å². The summed E-state index contributed by atoms with van der Waals surface area (Å²) >= 11 is 5.14. The van der Waals surface area contributed by atoms with E-state index in [1.165, 1.54) is 0 Å². The molecular weight excluding hydrogens is 200 g/mol. The second kappa shape index (κ2) is 5.48. The second-order valence-corrected chi connectivity index (χ2v) is 4.15. The zero-order valence-electron chi connectivity index (χ0n) is 8.76. The molecule has 0 aromatic heterocycles. The van der Waals surface area contributed by atoms with Gasteiger partial charge < -0.3 is 20.1 Å². The van der Waals surface area contributed by atoms with Gasteiger partial charge in [-0.05, 0) is 25.6 Å². The smallest absolute Gasteiger partial charge is 0.166 e. The number of rotatable bonds is 4. The summed E-state index contributed by atoms with van der Waals surface area (Å²) in [7, 11) is 1.67. The molecule has 1 fully saturated rings. The summed E-state index contributed by atoms with van der Waals surface area (Å²) in [6.07, 6.45) is 0.999. The maximum Gasteiger partial charge on any atom is 0.166 e. The highest BCUT2D eigenvalue weighted by Gasteiger charge is 2.29. The third-order valence-corrected chi connectivity index (χ3v) is 2.47. The van der Waals surface area contributed by atoms with Crippen LogP contribution in [0.4, 0.5) is 0 Å². The highest BCUT2D eigenvalue weighted by molar-refractivity contribution is 7.80. The lowest BCUT2D eigenvalue weighted by molar-refractivity contribution is 0.177. The summed E-state index contributed by atoms with van der Waals surface area (Å²) in [5.41, 5.74) is -0.00282. The zero-order chi connectivity index (χ0) is 10.4. The van der Waals surface area contributed by atoms with Crippen LogP contribution < -0.4 is 10.6 Å². The van der Waals surface area contributed by atoms with E-state index in [0.717, 1.165) is 26.2 Å². The topological polar surface area (TPSA) is 42.5 Å². The monoisotopic (exact) mass is 218 g/mol. The number of ether oxygens (including phenoxy) is 2. The Bertz CT molecular complexity index is 193. The quantitative estimate of drug-likeness (QED) is 0.524. The average Bonchev–Trinajstić information content (AvgIpc) is 2.52. The van der Waals surface area contributed by atoms with Gasteiger partial charge in [0, 0.05) is 20.3 Å². The van der Waals surface area contributed by atoms with Crippen LogP contribution in [-0.4, -0.2) is 44.1 Å². The molecule has 1 aliphatic rings. The van der Waals surface area contributed by atoms with Gasteiger partial charge in [-0.3, -0.25) is 0 Å². The van der Waals surface area contributed by atoms with Gasteiger partial charge in [0.05, 0.1) is 18.8 Å². The lowest BCUT2D eigenvalue weighted by Gasteiger charge is -2.25. The van der Waals surface area contributed by atoms with Crippen molar-refractivity contribution in [2.75, 3.05) is 33.5 Å². The van der Waals surface area contributed by atoms with E-state index in [4.69, 9.17) is 21.7 Å². The van der Waals surface area contributed by atoms with Gasteiger partial charge in [0.25, 0.3) is 0 Å². The maximum atomic E-state index is 5.31. The standard InChI is InChI=1S/C9H18N2O2S/c1-9(3-5-13-7-9)11-8(14)10-4-6-12-2/h3-7H2,1-2H3,(H2,10,11,14). The first-order valence-electron chi connectivity index (χ1n) is 4.79. The SMILES string of the molecule is COCCNC(=S)NC1(C)CCOC1. The van der Waals surface area contributed by atoms with Crippen LogP contribution in [0.15, 0.2) is 0 Å². The van der Waals surface area contributed by atoms with E-state index in [2.05, 4.69) is 17.6 Å². The number of thiocarbonyl (C=S) groups is 1. The minimum atomic E-state index is -0.00282. The molecule has 0 aliphatic carbocycles. The minimum absolute atomic E-state index is 0.00282. The molecular formula is C9H18N2O2S. The molecule has 82 valence electrons. The summed E-state index contributed by atoms with van der Waals surface area (Å²) < 4.78 is 10.2. The van der Waals surface area contributed by atoms with Crippen LogP contribution in [0.3, 0.4) is 0 Å². The Morgan fingerprint density at radius 3 is 3.00 bits per heavy atom. The highest BCUT2D eigenvalue weighted by atomic mass is 32.1. The molecule has 5 heteroatoms. The lowest BCUT2D eigenvalue weighted by atomic mass is 10.0. The third kappa shape index (κ3) is 3.77. The first kappa shape index (κ1) is 11.7. The minimum Gasteiger partial charge on any atom is -0.383 e. The highest BCUT2D eigenvalue weighted by Crippen LogP contribution is 2.16. The average molecular weight is 218 g/mol. The van der Waals surface area contributed by atoms with E-state index in [1.807, 2.05) is 0 Å². The van der Waals surface area contributed by atoms with Crippen LogP contribution in [0.25, 0.3) is 0 Å². The normalized spacial score (nSPS) is 26.1. The summed E-state index contributed by atoms with van der Waals surface area (Å²) in [5.74, 6) is 0. The van der Waals surface area contributed by atoms with Gasteiger partial charge in [0.2, 0.25) is 0 Å². The summed E-state index contributed by atoms with van der Waals surface area (Å²) in [6.45, 7) is 5.04. The molecule has 1 heterocycles. The molecule has 0 bridgehead atoms. The van der Waals surface area contributed by atoms with Crippen molar-refractivity contribution in [2.45, 2.75) is 18.9 Å². The van der Waals surface area contributed by atoms with Gasteiger partial charge in [-0.2, -0.15) is 0 Å². The van der Waals surface area contributed by atoms with Crippen LogP contribution in [-0.2, 0) is 9.47 Å². The van der Waals surface area contributed by atoms with E-state index in [9.17, 15) is 0 Å². The van der Waals surface area contributed by atoms with Gasteiger partial charge >= 0.3 is 0 Å². The third-order valence-electron chi connectivity index (χ3n) is 2.23. The van der Waals surface area contributed by atoms with E-state index in [0.29, 0.717) is 11.7 Å². The fourth-order valence-electron chi connectivity index (χ4n) is 1.35. The molecule has 1 saturated heterocycles. The molecule has 0 amide bonds. The van der Waals surface area contributed by atoms with Crippen molar-refractivity contribution in [1.82, 2.24) is 10.6 Å². The van der Waals surface area contributed by atoms with Crippen molar-refractivity contribution >= 4 is 17.3 Å². The van der Waals surface area contributed by atoms with Crippen molar-refractivity contribution < 1.29 is 9.47 Å². The van der Waals surface area contributed by atoms with Crippen LogP contribution in [0.5, 0.6) is 0 Å². The number of hydrogen-bond donors (Lipinski definition) is 2. The molecule has 1 aliphatic heterocycles. The van der Waals surface area contributed by atoms with Crippen molar-refractivity contribution in [3.05, 3.63) is 0 Å². The van der Waals surface area contributed by atoms with E-state index < -0.39 is 0 Å². The van der Waals surface area contributed by atoms with Crippen molar-refractivity contribution in [3.8, 4) is 0 Å². The van der Waals surface area contributed by atoms with Gasteiger partial charge in [0.1, 0.15) is 0 Å². The van der Waals surface area contributed by atoms with Crippen LogP contribution in [0.2, 0.25) is 0 Å². The Balaban J connectivity index is 2.19. The van der Waals surface area contributed by atoms with E-state index in [1.54, 1.807) is 7.11 Å². The summed E-state index contributed by atoms with van der Waals surface area (Å²) in [4.78, 5) is 0. The number of hydrogen-bond acceptors (Lipinski definition) is 3. The lowest BCUT2D eigenvalue weighted by Crippen LogP contribution is -2.51. The molecule has 0 spiro atoms. The fraction of sp³-hybridized carbons (Fsp3) is 0.889. The van der Waals surface area contributed by atoms with Crippen LogP contribution >= 0.6 is 12.2 Å². The van der Waals surface area contributed by atoms with Gasteiger partial charge in [-0.25, -0.2) is 0 Å². The molecule has 0 aromatic carbocycles. The Kier molecular flexibility index (Phi) is 4.57. The first-order valence-corrected chi connectivity index (χ1v) is 5.20. The van der Waals surface area contributed by atoms with E-state index >= 15 is 0 Å². The Morgan fingerprint density at radius 1 is 1.64 bits per heavy atom. The Labute approximate surface area is 90.3 Å². The predicted octanol–water partition coefficient (Wildman–Crippen LogP) is 0.276. The van der Waals surface area contributed by atoms with E-state index in [-0.39, 0.29) is 5.54 Å². The summed E-state index contributed by atoms with van der Waals surface area (Å²) in [5, 5.41) is 7.01. The van der Waals surface area contributed by atoms with Crippen LogP contribution in [0, 0.1) is 0 Å². The number of methoxy groups -OCH3 is 1. The largest absolute Gasteiger partial charge is 0.383 e. The molecule has 0 saturated carbocycles. The Hall–Kier alpha value is -0.390. The summed E-state index contributed by atoms with van der Waals surface area (Å²) in [6, 6.07) is 0. The molecule has 1 rings (SSSR count). The van der Waals surface area contributed by atoms with Gasteiger partial charge in [-0.15, -0.1) is 0 Å². The molecule has 14 heavy (non-hydrogen) atoms. The van der Waals surface area contributed by atoms with Crippen molar-refractivity contribution in [1.29, 1.82) is 0 Å². The molecule has 0 aromatic rings. The van der Waals surface area contributed by atoms with Crippen molar-refractivity contribution in [3.63, 3.8) is 0 Å². The van der Waals surface area contributed by atoms with Crippen LogP contribution in [0.1, 0.15) is 13.3 Å². The maximum absolute atomic E-state index is 5.31. The fourth-order valence-corrected chi connectivity index (χ4v) is 1.70. The molecule has 2 N–H and O–H groups in total. The second-order valence-electron chi connectivity index (χ2n) is 3.74. The zero-order valence-corrected chi connectivity index (χ0v) is 9.58. The Morgan fingerprint density at radius 2 is 2.43 bits per heavy atom. The molecule has 0 radical (unpaired) electrons. The number of nitrogens with one attached hydrogen (secondary N) is 2. The molecule has 1 unspecified atom stereocenters. The van der Waals surface area contributed by atoms with Gasteiger partial charge in [0.15, 0.2) is 5.11 Å². The molecule has 4 nitrogen and oxygen atoms in total.